The number of benzene rings is 2. The minimum atomic E-state index is -1.60. The molecule has 0 aliphatic rings. The summed E-state index contributed by atoms with van der Waals surface area (Å²) in [6, 6.07) is 12.3. The molecular weight excluding hydrogens is 334 g/mol. The fourth-order valence-electron chi connectivity index (χ4n) is 2.31. The summed E-state index contributed by atoms with van der Waals surface area (Å²) >= 11 is 0. The van der Waals surface area contributed by atoms with Crippen molar-refractivity contribution in [3.63, 3.8) is 0 Å². The second-order valence-electron chi connectivity index (χ2n) is 4.65. The molecule has 0 aliphatic heterocycles. The average Bonchev–Trinajstić information content (AvgIpc) is 2.60. The SMILES string of the molecule is COc1cc(C#N)ccc1-c1ncnc2cc(S(=O)Cl)ccc12. The van der Waals surface area contributed by atoms with Gasteiger partial charge in [0, 0.05) is 10.9 Å². The molecule has 1 aromatic heterocycles. The van der Waals surface area contributed by atoms with E-state index < -0.39 is 10.0 Å². The Morgan fingerprint density at radius 3 is 2.74 bits per heavy atom. The van der Waals surface area contributed by atoms with Gasteiger partial charge in [0.15, 0.2) is 0 Å². The van der Waals surface area contributed by atoms with Gasteiger partial charge in [-0.3, -0.25) is 0 Å². The topological polar surface area (TPSA) is 75.9 Å². The lowest BCUT2D eigenvalue weighted by atomic mass is 10.0. The average molecular weight is 344 g/mol. The summed E-state index contributed by atoms with van der Waals surface area (Å²) in [5.41, 5.74) is 2.55. The number of methoxy groups -OCH3 is 1. The summed E-state index contributed by atoms with van der Waals surface area (Å²) in [4.78, 5) is 9.02. The molecule has 0 amide bonds. The van der Waals surface area contributed by atoms with Crippen LogP contribution >= 0.6 is 10.7 Å². The van der Waals surface area contributed by atoms with E-state index in [1.807, 2.05) is 0 Å². The van der Waals surface area contributed by atoms with Crippen molar-refractivity contribution in [2.24, 2.45) is 0 Å². The molecule has 0 radical (unpaired) electrons. The van der Waals surface area contributed by atoms with Crippen molar-refractivity contribution in [3.8, 4) is 23.1 Å². The molecule has 23 heavy (non-hydrogen) atoms. The van der Waals surface area contributed by atoms with Crippen LogP contribution < -0.4 is 4.74 Å². The molecule has 0 N–H and O–H groups in total. The van der Waals surface area contributed by atoms with Crippen molar-refractivity contribution in [2.45, 2.75) is 4.90 Å². The number of hydrogen-bond donors (Lipinski definition) is 0. The third-order valence-corrected chi connectivity index (χ3v) is 4.54. The number of hydrogen-bond acceptors (Lipinski definition) is 5. The normalized spacial score (nSPS) is 11.9. The maximum absolute atomic E-state index is 11.4. The number of ether oxygens (including phenoxy) is 1. The van der Waals surface area contributed by atoms with E-state index in [1.54, 1.807) is 36.4 Å². The third-order valence-electron chi connectivity index (χ3n) is 3.38. The van der Waals surface area contributed by atoms with E-state index in [1.165, 1.54) is 13.4 Å². The molecule has 1 atom stereocenters. The van der Waals surface area contributed by atoms with Crippen LogP contribution in [0.1, 0.15) is 5.56 Å². The van der Waals surface area contributed by atoms with E-state index in [9.17, 15) is 4.21 Å². The molecule has 0 saturated carbocycles. The molecule has 114 valence electrons. The standard InChI is InChI=1S/C16H10ClN3O2S/c1-22-15-6-10(8-18)2-4-13(15)16-12-5-3-11(23(17)21)7-14(12)19-9-20-16/h2-7,9H,1H3. The van der Waals surface area contributed by atoms with Crippen molar-refractivity contribution in [3.05, 3.63) is 48.3 Å². The Bertz CT molecular complexity index is 969. The van der Waals surface area contributed by atoms with Crippen molar-refractivity contribution >= 4 is 31.6 Å². The van der Waals surface area contributed by atoms with Crippen LogP contribution in [-0.4, -0.2) is 21.3 Å². The zero-order chi connectivity index (χ0) is 16.4. The zero-order valence-corrected chi connectivity index (χ0v) is 13.6. The van der Waals surface area contributed by atoms with Crippen LogP contribution in [0.2, 0.25) is 0 Å². The van der Waals surface area contributed by atoms with Crippen LogP contribution in [0.25, 0.3) is 22.2 Å². The number of fused-ring (bicyclic) bond motifs is 1. The molecule has 0 saturated heterocycles. The van der Waals surface area contributed by atoms with Crippen LogP contribution in [0, 0.1) is 11.3 Å². The van der Waals surface area contributed by atoms with Crippen LogP contribution in [0.4, 0.5) is 0 Å². The first-order valence-electron chi connectivity index (χ1n) is 6.55. The first kappa shape index (κ1) is 15.4. The monoisotopic (exact) mass is 343 g/mol. The smallest absolute Gasteiger partial charge is 0.147 e. The fourth-order valence-corrected chi connectivity index (χ4v) is 2.97. The van der Waals surface area contributed by atoms with Crippen LogP contribution in [0.15, 0.2) is 47.6 Å². The quantitative estimate of drug-likeness (QED) is 0.681. The number of aromatic nitrogens is 2. The van der Waals surface area contributed by atoms with Crippen molar-refractivity contribution in [1.29, 1.82) is 5.26 Å². The zero-order valence-electron chi connectivity index (χ0n) is 12.0. The van der Waals surface area contributed by atoms with Gasteiger partial charge >= 0.3 is 0 Å². The number of rotatable bonds is 3. The van der Waals surface area contributed by atoms with Crippen molar-refractivity contribution in [1.82, 2.24) is 9.97 Å². The van der Waals surface area contributed by atoms with E-state index in [0.29, 0.717) is 27.4 Å². The highest BCUT2D eigenvalue weighted by Crippen LogP contribution is 2.34. The van der Waals surface area contributed by atoms with Gasteiger partial charge in [0.25, 0.3) is 0 Å². The molecule has 0 fully saturated rings. The van der Waals surface area contributed by atoms with E-state index >= 15 is 0 Å². The maximum Gasteiger partial charge on any atom is 0.147 e. The highest BCUT2D eigenvalue weighted by molar-refractivity contribution is 8.08. The van der Waals surface area contributed by atoms with Crippen LogP contribution in [0.3, 0.4) is 0 Å². The summed E-state index contributed by atoms with van der Waals surface area (Å²) in [5.74, 6) is 0.550. The Hall–Kier alpha value is -2.49. The number of nitrogens with zero attached hydrogens (tertiary/aromatic N) is 3. The molecule has 3 rings (SSSR count). The Morgan fingerprint density at radius 1 is 1.22 bits per heavy atom. The molecule has 0 bridgehead atoms. The minimum Gasteiger partial charge on any atom is -0.496 e. The summed E-state index contributed by atoms with van der Waals surface area (Å²) in [5, 5.41) is 9.78. The molecule has 7 heteroatoms. The maximum atomic E-state index is 11.4. The van der Waals surface area contributed by atoms with E-state index in [2.05, 4.69) is 16.0 Å². The fraction of sp³-hybridized carbons (Fsp3) is 0.0625. The summed E-state index contributed by atoms with van der Waals surface area (Å²) < 4.78 is 16.8. The van der Waals surface area contributed by atoms with Crippen molar-refractivity contribution < 1.29 is 8.95 Å². The molecular formula is C16H10ClN3O2S. The molecule has 0 spiro atoms. The van der Waals surface area contributed by atoms with Gasteiger partial charge in [-0.05, 0) is 47.1 Å². The minimum absolute atomic E-state index is 0.482. The van der Waals surface area contributed by atoms with Gasteiger partial charge in [-0.25, -0.2) is 14.2 Å². The van der Waals surface area contributed by atoms with Gasteiger partial charge in [-0.2, -0.15) is 5.26 Å². The molecule has 1 heterocycles. The predicted molar refractivity (Wildman–Crippen MR) is 88.5 cm³/mol. The molecule has 2 aromatic carbocycles. The van der Waals surface area contributed by atoms with Crippen molar-refractivity contribution in [2.75, 3.05) is 7.11 Å². The first-order chi connectivity index (χ1) is 11.1. The number of halogens is 1. The second kappa shape index (κ2) is 6.32. The summed E-state index contributed by atoms with van der Waals surface area (Å²) in [6.45, 7) is 0. The highest BCUT2D eigenvalue weighted by Gasteiger charge is 2.13. The second-order valence-corrected chi connectivity index (χ2v) is 6.41. The Balaban J connectivity index is 2.25. The lowest BCUT2D eigenvalue weighted by molar-refractivity contribution is 0.416. The van der Waals surface area contributed by atoms with E-state index in [4.69, 9.17) is 20.7 Å². The summed E-state index contributed by atoms with van der Waals surface area (Å²) in [7, 11) is 5.56. The predicted octanol–water partition coefficient (Wildman–Crippen LogP) is 3.44. The summed E-state index contributed by atoms with van der Waals surface area (Å²) in [6.07, 6.45) is 1.43. The molecule has 3 aromatic rings. The molecule has 5 nitrogen and oxygen atoms in total. The Kier molecular flexibility index (Phi) is 4.24. The van der Waals surface area contributed by atoms with Crippen LogP contribution in [0.5, 0.6) is 5.75 Å². The Morgan fingerprint density at radius 2 is 2.04 bits per heavy atom. The van der Waals surface area contributed by atoms with E-state index in [0.717, 1.165) is 10.9 Å². The van der Waals surface area contributed by atoms with E-state index in [-0.39, 0.29) is 0 Å². The van der Waals surface area contributed by atoms with Gasteiger partial charge in [-0.15, -0.1) is 0 Å². The van der Waals surface area contributed by atoms with Gasteiger partial charge < -0.3 is 4.74 Å². The lowest BCUT2D eigenvalue weighted by Crippen LogP contribution is -1.94. The lowest BCUT2D eigenvalue weighted by Gasteiger charge is -2.10. The molecule has 1 unspecified atom stereocenters. The van der Waals surface area contributed by atoms with Gasteiger partial charge in [-0.1, -0.05) is 0 Å². The third kappa shape index (κ3) is 2.89. The first-order valence-corrected chi connectivity index (χ1v) is 8.53. The van der Waals surface area contributed by atoms with Gasteiger partial charge in [0.1, 0.15) is 22.1 Å². The molecule has 0 aliphatic carbocycles. The van der Waals surface area contributed by atoms with Crippen LogP contribution in [-0.2, 0) is 10.0 Å². The Labute approximate surface area is 139 Å². The number of nitriles is 1. The highest BCUT2D eigenvalue weighted by atomic mass is 35.7. The van der Waals surface area contributed by atoms with Gasteiger partial charge in [0.05, 0.1) is 34.8 Å². The largest absolute Gasteiger partial charge is 0.496 e. The van der Waals surface area contributed by atoms with Gasteiger partial charge in [0.2, 0.25) is 0 Å².